The van der Waals surface area contributed by atoms with E-state index in [1.54, 1.807) is 0 Å². The first-order valence-corrected chi connectivity index (χ1v) is 12.9. The van der Waals surface area contributed by atoms with Gasteiger partial charge in [-0.2, -0.15) is 0 Å². The monoisotopic (exact) mass is 410 g/mol. The quantitative estimate of drug-likeness (QED) is 0.363. The molecule has 0 amide bonds. The Morgan fingerprint density at radius 1 is 1.10 bits per heavy atom. The van der Waals surface area contributed by atoms with Crippen molar-refractivity contribution in [2.24, 2.45) is 46.3 Å². The van der Waals surface area contributed by atoms with Crippen LogP contribution < -0.4 is 0 Å². The molecular weight excluding hydrogens is 364 g/mol. The van der Waals surface area contributed by atoms with Gasteiger partial charge in [-0.1, -0.05) is 70.6 Å². The van der Waals surface area contributed by atoms with Gasteiger partial charge in [0.05, 0.1) is 6.10 Å². The van der Waals surface area contributed by atoms with Gasteiger partial charge in [-0.3, -0.25) is 0 Å². The molecule has 0 saturated heterocycles. The summed E-state index contributed by atoms with van der Waals surface area (Å²) in [6, 6.07) is 0. The van der Waals surface area contributed by atoms with Gasteiger partial charge in [0, 0.05) is 0 Å². The molecule has 0 heterocycles. The Morgan fingerprint density at radius 3 is 2.50 bits per heavy atom. The zero-order valence-electron chi connectivity index (χ0n) is 20.3. The van der Waals surface area contributed by atoms with Crippen molar-refractivity contribution in [2.45, 2.75) is 98.5 Å². The fraction of sp³-hybridized carbons (Fsp3) is 0.793. The largest absolute Gasteiger partial charge is 0.393 e. The van der Waals surface area contributed by atoms with Gasteiger partial charge >= 0.3 is 0 Å². The Kier molecular flexibility index (Phi) is 6.17. The second-order valence-corrected chi connectivity index (χ2v) is 12.2. The fourth-order valence-corrected chi connectivity index (χ4v) is 8.51. The summed E-state index contributed by atoms with van der Waals surface area (Å²) in [4.78, 5) is 0. The zero-order chi connectivity index (χ0) is 21.7. The lowest BCUT2D eigenvalue weighted by molar-refractivity contribution is -0.0424. The van der Waals surface area contributed by atoms with Crippen molar-refractivity contribution in [1.29, 1.82) is 0 Å². The van der Waals surface area contributed by atoms with Crippen LogP contribution in [0, 0.1) is 46.3 Å². The van der Waals surface area contributed by atoms with Crippen molar-refractivity contribution >= 4 is 0 Å². The van der Waals surface area contributed by atoms with Crippen LogP contribution in [0.15, 0.2) is 36.0 Å². The lowest BCUT2D eigenvalue weighted by Gasteiger charge is -2.57. The summed E-state index contributed by atoms with van der Waals surface area (Å²) in [5.74, 6) is 4.46. The lowest BCUT2D eigenvalue weighted by atomic mass is 9.47. The van der Waals surface area contributed by atoms with Crippen molar-refractivity contribution in [3.8, 4) is 0 Å². The van der Waals surface area contributed by atoms with E-state index in [4.69, 9.17) is 0 Å². The number of fused-ring (bicyclic) bond motifs is 5. The van der Waals surface area contributed by atoms with E-state index in [1.165, 1.54) is 50.5 Å². The molecule has 0 aromatic rings. The SMILES string of the molecule is C=CC(=CCC(C)C1CCC2C3=CCC4CC(O)CCC4(C)C3CCC21C)C(C)C. The predicted octanol–water partition coefficient (Wildman–Crippen LogP) is 7.72. The second kappa shape index (κ2) is 8.27. The molecule has 8 atom stereocenters. The Hall–Kier alpha value is -0.820. The first kappa shape index (κ1) is 22.4. The Labute approximate surface area is 186 Å². The molecule has 168 valence electrons. The van der Waals surface area contributed by atoms with Gasteiger partial charge < -0.3 is 5.11 Å². The number of hydrogen-bond donors (Lipinski definition) is 1. The molecular formula is C29H46O. The van der Waals surface area contributed by atoms with Crippen LogP contribution in [0.2, 0.25) is 0 Å². The maximum absolute atomic E-state index is 10.3. The molecule has 1 heteroatoms. The second-order valence-electron chi connectivity index (χ2n) is 12.2. The van der Waals surface area contributed by atoms with E-state index in [9.17, 15) is 5.11 Å². The van der Waals surface area contributed by atoms with Crippen molar-refractivity contribution in [3.63, 3.8) is 0 Å². The van der Waals surface area contributed by atoms with E-state index < -0.39 is 0 Å². The summed E-state index contributed by atoms with van der Waals surface area (Å²) < 4.78 is 0. The molecule has 0 bridgehead atoms. The first-order chi connectivity index (χ1) is 14.2. The smallest absolute Gasteiger partial charge is 0.0543 e. The minimum absolute atomic E-state index is 0.0528. The minimum Gasteiger partial charge on any atom is -0.393 e. The van der Waals surface area contributed by atoms with E-state index in [-0.39, 0.29) is 6.10 Å². The fourth-order valence-electron chi connectivity index (χ4n) is 8.51. The molecule has 3 saturated carbocycles. The van der Waals surface area contributed by atoms with Gasteiger partial charge in [0.2, 0.25) is 0 Å². The number of hydrogen-bond acceptors (Lipinski definition) is 1. The molecule has 1 N–H and O–H groups in total. The molecule has 8 unspecified atom stereocenters. The average Bonchev–Trinajstić information content (AvgIpc) is 3.06. The van der Waals surface area contributed by atoms with Gasteiger partial charge in [0.1, 0.15) is 0 Å². The molecule has 3 fully saturated rings. The van der Waals surface area contributed by atoms with E-state index in [0.29, 0.717) is 22.7 Å². The van der Waals surface area contributed by atoms with Crippen LogP contribution in [-0.2, 0) is 0 Å². The van der Waals surface area contributed by atoms with E-state index >= 15 is 0 Å². The van der Waals surface area contributed by atoms with E-state index in [2.05, 4.69) is 59.4 Å². The van der Waals surface area contributed by atoms with Gasteiger partial charge in [0.25, 0.3) is 0 Å². The summed E-state index contributed by atoms with van der Waals surface area (Å²) in [5.41, 5.74) is 4.18. The van der Waals surface area contributed by atoms with E-state index in [0.717, 1.165) is 36.5 Å². The molecule has 4 aliphatic carbocycles. The maximum Gasteiger partial charge on any atom is 0.0543 e. The van der Waals surface area contributed by atoms with Gasteiger partial charge in [0.15, 0.2) is 0 Å². The van der Waals surface area contributed by atoms with Crippen molar-refractivity contribution < 1.29 is 5.11 Å². The van der Waals surface area contributed by atoms with Crippen molar-refractivity contribution in [1.82, 2.24) is 0 Å². The van der Waals surface area contributed by atoms with Gasteiger partial charge in [-0.25, -0.2) is 0 Å². The molecule has 0 aromatic carbocycles. The number of rotatable bonds is 5. The topological polar surface area (TPSA) is 20.2 Å². The van der Waals surface area contributed by atoms with Crippen LogP contribution >= 0.6 is 0 Å². The summed E-state index contributed by atoms with van der Waals surface area (Å²) in [6.07, 6.45) is 18.4. The predicted molar refractivity (Wildman–Crippen MR) is 128 cm³/mol. The van der Waals surface area contributed by atoms with Crippen LogP contribution in [0.25, 0.3) is 0 Å². The molecule has 0 spiro atoms. The van der Waals surface area contributed by atoms with Crippen LogP contribution in [0.3, 0.4) is 0 Å². The summed E-state index contributed by atoms with van der Waals surface area (Å²) in [5, 5.41) is 10.3. The average molecular weight is 411 g/mol. The molecule has 1 nitrogen and oxygen atoms in total. The van der Waals surface area contributed by atoms with Gasteiger partial charge in [-0.15, -0.1) is 0 Å². The minimum atomic E-state index is -0.0528. The van der Waals surface area contributed by atoms with Crippen LogP contribution in [0.1, 0.15) is 92.4 Å². The molecule has 4 aliphatic rings. The Balaban J connectivity index is 1.53. The summed E-state index contributed by atoms with van der Waals surface area (Å²) in [6.45, 7) is 16.3. The van der Waals surface area contributed by atoms with Crippen molar-refractivity contribution in [3.05, 3.63) is 36.0 Å². The number of allylic oxidation sites excluding steroid dienone is 5. The molecule has 0 aliphatic heterocycles. The third kappa shape index (κ3) is 3.58. The highest BCUT2D eigenvalue weighted by Crippen LogP contribution is 2.66. The van der Waals surface area contributed by atoms with Crippen LogP contribution in [-0.4, -0.2) is 11.2 Å². The highest BCUT2D eigenvalue weighted by Gasteiger charge is 2.58. The van der Waals surface area contributed by atoms with Crippen molar-refractivity contribution in [2.75, 3.05) is 0 Å². The lowest BCUT2D eigenvalue weighted by Crippen LogP contribution is -2.49. The highest BCUT2D eigenvalue weighted by molar-refractivity contribution is 5.28. The summed E-state index contributed by atoms with van der Waals surface area (Å²) in [7, 11) is 0. The molecule has 4 rings (SSSR count). The molecule has 0 aromatic heterocycles. The molecule has 0 radical (unpaired) electrons. The molecule has 30 heavy (non-hydrogen) atoms. The number of aliphatic hydroxyl groups excluding tert-OH is 1. The van der Waals surface area contributed by atoms with Gasteiger partial charge in [-0.05, 0) is 104 Å². The number of aliphatic hydroxyl groups is 1. The normalized spacial score (nSPS) is 44.7. The standard InChI is InChI=1S/C29H46O/c1-7-21(19(2)3)9-8-20(4)25-12-13-26-24-11-10-22-18-23(30)14-16-28(22,5)27(24)15-17-29(25,26)6/h7,9,11,19-20,22-23,25-27,30H,1,8,10,12-18H2,2-6H3. The zero-order valence-corrected chi connectivity index (χ0v) is 20.3. The third-order valence-electron chi connectivity index (χ3n) is 10.4. The van der Waals surface area contributed by atoms with Crippen LogP contribution in [0.5, 0.6) is 0 Å². The first-order valence-electron chi connectivity index (χ1n) is 12.9. The maximum atomic E-state index is 10.3. The third-order valence-corrected chi connectivity index (χ3v) is 10.4. The van der Waals surface area contributed by atoms with E-state index in [1.807, 2.05) is 5.57 Å². The Morgan fingerprint density at radius 2 is 1.80 bits per heavy atom. The Bertz CT molecular complexity index is 714. The summed E-state index contributed by atoms with van der Waals surface area (Å²) >= 11 is 0. The van der Waals surface area contributed by atoms with Crippen LogP contribution in [0.4, 0.5) is 0 Å². The highest BCUT2D eigenvalue weighted by atomic mass is 16.3.